The van der Waals surface area contributed by atoms with Gasteiger partial charge in [0.15, 0.2) is 11.5 Å². The number of rotatable bonds is 5. The standard InChI is InChI=1S/C33H31ClF3N7O5/c1-18-16-32(8-11-42(12-9-32)30(48)26-23(45)3-2-10-38-26)25-27(18)43(17-24(46)39-22-5-4-20(15-21(22)34)33(35,36)37)31-40-28(41-44(31)29(25)47)19-6-13-49-14-7-19/h2-6,10,15,18,45H,7-9,11-14,16-17H2,1H3,(H,39,46). The van der Waals surface area contributed by atoms with E-state index in [0.717, 1.165) is 23.8 Å². The van der Waals surface area contributed by atoms with Crippen molar-refractivity contribution in [3.8, 4) is 5.75 Å². The molecular weight excluding hydrogens is 667 g/mol. The molecule has 3 aliphatic rings. The number of fused-ring (bicyclic) bond motifs is 3. The van der Waals surface area contributed by atoms with Crippen LogP contribution in [0.25, 0.3) is 11.4 Å². The van der Waals surface area contributed by atoms with Crippen LogP contribution in [0.5, 0.6) is 5.75 Å². The first-order valence-electron chi connectivity index (χ1n) is 15.8. The van der Waals surface area contributed by atoms with Crippen molar-refractivity contribution in [1.29, 1.82) is 0 Å². The van der Waals surface area contributed by atoms with Crippen molar-refractivity contribution in [2.24, 2.45) is 0 Å². The first kappa shape index (κ1) is 32.8. The van der Waals surface area contributed by atoms with Crippen LogP contribution >= 0.6 is 11.6 Å². The second kappa shape index (κ2) is 12.3. The molecule has 49 heavy (non-hydrogen) atoms. The Bertz CT molecular complexity index is 2090. The second-order valence-corrected chi connectivity index (χ2v) is 13.0. The van der Waals surface area contributed by atoms with E-state index >= 15 is 0 Å². The SMILES string of the molecule is CC1CC2(CCN(C(=O)c3ncccc3O)CC2)c2c1n(CC(=O)Nc1ccc(C(F)(F)F)cc1Cl)c1nc(C3=CCOCC3)nn1c2=O. The normalized spacial score (nSPS) is 18.8. The van der Waals surface area contributed by atoms with E-state index in [1.807, 2.05) is 13.0 Å². The van der Waals surface area contributed by atoms with Crippen molar-refractivity contribution < 1.29 is 32.6 Å². The molecule has 256 valence electrons. The third-order valence-corrected chi connectivity index (χ3v) is 9.91. The maximum Gasteiger partial charge on any atom is 0.416 e. The predicted octanol–water partition coefficient (Wildman–Crippen LogP) is 4.79. The number of ether oxygens (including phenoxy) is 1. The molecule has 16 heteroatoms. The summed E-state index contributed by atoms with van der Waals surface area (Å²) in [6, 6.07) is 5.61. The topological polar surface area (TPSA) is 144 Å². The fraction of sp³-hybridized carbons (Fsp3) is 0.394. The number of likely N-dealkylation sites (tertiary alicyclic amines) is 1. The molecule has 1 fully saturated rings. The number of alkyl halides is 3. The van der Waals surface area contributed by atoms with Crippen LogP contribution in [0.15, 0.2) is 47.4 Å². The predicted molar refractivity (Wildman–Crippen MR) is 171 cm³/mol. The molecule has 1 spiro atoms. The minimum Gasteiger partial charge on any atom is -0.505 e. The van der Waals surface area contributed by atoms with Gasteiger partial charge in [-0.05, 0) is 67.5 Å². The lowest BCUT2D eigenvalue weighted by molar-refractivity contribution is -0.137. The summed E-state index contributed by atoms with van der Waals surface area (Å²) in [6.45, 7) is 3.08. The highest BCUT2D eigenvalue weighted by molar-refractivity contribution is 6.33. The van der Waals surface area contributed by atoms with E-state index in [1.165, 1.54) is 22.8 Å². The minimum absolute atomic E-state index is 0.00314. The monoisotopic (exact) mass is 697 g/mol. The average Bonchev–Trinajstić information content (AvgIpc) is 3.64. The number of pyridine rings is 1. The summed E-state index contributed by atoms with van der Waals surface area (Å²) in [7, 11) is 0. The Morgan fingerprint density at radius 3 is 2.65 bits per heavy atom. The van der Waals surface area contributed by atoms with Gasteiger partial charge in [-0.2, -0.15) is 22.7 Å². The number of carbonyl (C=O) groups excluding carboxylic acids is 2. The molecule has 3 aromatic heterocycles. The van der Waals surface area contributed by atoms with Crippen LogP contribution in [0.2, 0.25) is 5.02 Å². The zero-order chi connectivity index (χ0) is 34.7. The summed E-state index contributed by atoms with van der Waals surface area (Å²) in [5, 5.41) is 17.1. The summed E-state index contributed by atoms with van der Waals surface area (Å²) in [4.78, 5) is 51.5. The Morgan fingerprint density at radius 2 is 1.98 bits per heavy atom. The molecule has 1 atom stereocenters. The molecule has 4 aromatic rings. The van der Waals surface area contributed by atoms with Gasteiger partial charge >= 0.3 is 6.18 Å². The Labute approximate surface area is 282 Å². The van der Waals surface area contributed by atoms with Crippen molar-refractivity contribution in [1.82, 2.24) is 29.0 Å². The highest BCUT2D eigenvalue weighted by Gasteiger charge is 2.49. The number of hydrogen-bond acceptors (Lipinski definition) is 8. The molecule has 0 saturated carbocycles. The molecule has 1 aromatic carbocycles. The number of anilines is 1. The van der Waals surface area contributed by atoms with E-state index in [0.29, 0.717) is 69.1 Å². The van der Waals surface area contributed by atoms with Crippen LogP contribution in [0, 0.1) is 0 Å². The van der Waals surface area contributed by atoms with E-state index < -0.39 is 29.0 Å². The smallest absolute Gasteiger partial charge is 0.416 e. The first-order chi connectivity index (χ1) is 23.4. The Kier molecular flexibility index (Phi) is 8.22. The number of halogens is 4. The van der Waals surface area contributed by atoms with Gasteiger partial charge in [0.2, 0.25) is 11.7 Å². The number of piperidine rings is 1. The molecule has 1 unspecified atom stereocenters. The molecule has 7 rings (SSSR count). The van der Waals surface area contributed by atoms with Gasteiger partial charge in [-0.25, -0.2) is 4.98 Å². The maximum absolute atomic E-state index is 14.4. The lowest BCUT2D eigenvalue weighted by Gasteiger charge is -2.39. The number of carbonyl (C=O) groups is 2. The van der Waals surface area contributed by atoms with Crippen LogP contribution in [-0.2, 0) is 27.7 Å². The summed E-state index contributed by atoms with van der Waals surface area (Å²) in [5.41, 5.74) is -0.0616. The number of amides is 2. The molecule has 1 aliphatic carbocycles. The van der Waals surface area contributed by atoms with E-state index in [9.17, 15) is 32.7 Å². The van der Waals surface area contributed by atoms with Crippen LogP contribution in [0.4, 0.5) is 18.9 Å². The number of benzene rings is 1. The summed E-state index contributed by atoms with van der Waals surface area (Å²) in [5.74, 6) is -0.914. The van der Waals surface area contributed by atoms with Crippen LogP contribution in [-0.4, -0.2) is 72.3 Å². The molecule has 2 aliphatic heterocycles. The van der Waals surface area contributed by atoms with Crippen molar-refractivity contribution >= 4 is 40.5 Å². The van der Waals surface area contributed by atoms with Gasteiger partial charge in [-0.3, -0.25) is 14.4 Å². The highest BCUT2D eigenvalue weighted by Crippen LogP contribution is 2.50. The van der Waals surface area contributed by atoms with Gasteiger partial charge in [0, 0.05) is 36.0 Å². The number of nitrogens with one attached hydrogen (secondary N) is 1. The van der Waals surface area contributed by atoms with Crippen LogP contribution < -0.4 is 10.9 Å². The fourth-order valence-corrected chi connectivity index (χ4v) is 7.55. The van der Waals surface area contributed by atoms with E-state index in [2.05, 4.69) is 15.4 Å². The molecule has 2 N–H and O–H groups in total. The van der Waals surface area contributed by atoms with Gasteiger partial charge in [0.25, 0.3) is 11.5 Å². The fourth-order valence-electron chi connectivity index (χ4n) is 7.32. The molecule has 0 bridgehead atoms. The van der Waals surface area contributed by atoms with Crippen molar-refractivity contribution in [3.05, 3.63) is 86.3 Å². The van der Waals surface area contributed by atoms with Crippen molar-refractivity contribution in [2.45, 2.75) is 56.7 Å². The van der Waals surface area contributed by atoms with Gasteiger partial charge in [0.1, 0.15) is 12.3 Å². The van der Waals surface area contributed by atoms with Crippen molar-refractivity contribution in [3.63, 3.8) is 0 Å². The van der Waals surface area contributed by atoms with Gasteiger partial charge in [0.05, 0.1) is 29.5 Å². The lowest BCUT2D eigenvalue weighted by atomic mass is 9.73. The number of nitrogens with zero attached hydrogens (tertiary/aromatic N) is 6. The Hall–Kier alpha value is -4.76. The summed E-state index contributed by atoms with van der Waals surface area (Å²) in [6.07, 6.45) is 0.678. The third-order valence-electron chi connectivity index (χ3n) is 9.60. The highest BCUT2D eigenvalue weighted by atomic mass is 35.5. The van der Waals surface area contributed by atoms with Crippen LogP contribution in [0.3, 0.4) is 0 Å². The molecule has 1 saturated heterocycles. The number of aromatic hydroxyl groups is 1. The largest absolute Gasteiger partial charge is 0.505 e. The molecule has 5 heterocycles. The van der Waals surface area contributed by atoms with E-state index in [1.54, 1.807) is 9.47 Å². The first-order valence-corrected chi connectivity index (χ1v) is 16.1. The lowest BCUT2D eigenvalue weighted by Crippen LogP contribution is -2.46. The minimum atomic E-state index is -4.60. The maximum atomic E-state index is 14.4. The summed E-state index contributed by atoms with van der Waals surface area (Å²) < 4.78 is 47.9. The Balaban J connectivity index is 1.26. The molecule has 12 nitrogen and oxygen atoms in total. The molecular formula is C33H31ClF3N7O5. The molecule has 0 radical (unpaired) electrons. The number of aromatic nitrogens is 5. The van der Waals surface area contributed by atoms with Gasteiger partial charge < -0.3 is 24.6 Å². The zero-order valence-corrected chi connectivity index (χ0v) is 27.0. The zero-order valence-electron chi connectivity index (χ0n) is 26.3. The van der Waals surface area contributed by atoms with Gasteiger partial charge in [-0.15, -0.1) is 5.10 Å². The van der Waals surface area contributed by atoms with Gasteiger partial charge in [-0.1, -0.05) is 24.6 Å². The third kappa shape index (κ3) is 5.84. The Morgan fingerprint density at radius 1 is 1.20 bits per heavy atom. The van der Waals surface area contributed by atoms with Crippen LogP contribution in [0.1, 0.15) is 71.7 Å². The second-order valence-electron chi connectivity index (χ2n) is 12.6. The summed E-state index contributed by atoms with van der Waals surface area (Å²) >= 11 is 6.13. The number of hydrogen-bond donors (Lipinski definition) is 2. The molecule has 2 amide bonds. The average molecular weight is 698 g/mol. The van der Waals surface area contributed by atoms with E-state index in [4.69, 9.17) is 21.3 Å². The quantitative estimate of drug-likeness (QED) is 0.303. The van der Waals surface area contributed by atoms with E-state index in [-0.39, 0.29) is 46.0 Å². The van der Waals surface area contributed by atoms with Crippen molar-refractivity contribution in [2.75, 3.05) is 31.6 Å².